The molecule has 1 amide bonds. The standard InChI is InChI=1S/C16H26N2O2/c1-5-18(6-2)15(20)13(3)17-16(4,12-19)14-10-8-7-9-11-14/h7-11,13,17,19H,5-6,12H2,1-4H3. The number of hydrogen-bond acceptors (Lipinski definition) is 3. The fourth-order valence-electron chi connectivity index (χ4n) is 2.37. The molecule has 2 unspecified atom stereocenters. The van der Waals surface area contributed by atoms with Crippen molar-refractivity contribution in [1.29, 1.82) is 0 Å². The number of rotatable bonds is 7. The summed E-state index contributed by atoms with van der Waals surface area (Å²) in [6.07, 6.45) is 0. The molecule has 0 aromatic heterocycles. The predicted octanol–water partition coefficient (Wildman–Crippen LogP) is 1.74. The number of aliphatic hydroxyl groups excluding tert-OH is 1. The summed E-state index contributed by atoms with van der Waals surface area (Å²) in [6, 6.07) is 9.37. The predicted molar refractivity (Wildman–Crippen MR) is 81.4 cm³/mol. The lowest BCUT2D eigenvalue weighted by Gasteiger charge is -2.34. The number of hydrogen-bond donors (Lipinski definition) is 2. The monoisotopic (exact) mass is 278 g/mol. The lowest BCUT2D eigenvalue weighted by atomic mass is 9.92. The van der Waals surface area contributed by atoms with Crippen LogP contribution in [0.5, 0.6) is 0 Å². The second-order valence-corrected chi connectivity index (χ2v) is 5.23. The van der Waals surface area contributed by atoms with Gasteiger partial charge >= 0.3 is 0 Å². The Morgan fingerprint density at radius 3 is 2.30 bits per heavy atom. The van der Waals surface area contributed by atoms with Crippen molar-refractivity contribution in [3.63, 3.8) is 0 Å². The first-order valence-electron chi connectivity index (χ1n) is 7.21. The zero-order valence-corrected chi connectivity index (χ0v) is 12.9. The Kier molecular flexibility index (Phi) is 6.17. The Morgan fingerprint density at radius 1 is 1.30 bits per heavy atom. The van der Waals surface area contributed by atoms with Crippen molar-refractivity contribution >= 4 is 5.91 Å². The lowest BCUT2D eigenvalue weighted by molar-refractivity contribution is -0.133. The summed E-state index contributed by atoms with van der Waals surface area (Å²) in [6.45, 7) is 9.02. The van der Waals surface area contributed by atoms with Crippen LogP contribution in [0.25, 0.3) is 0 Å². The molecule has 0 aliphatic rings. The molecule has 0 bridgehead atoms. The molecule has 1 aromatic rings. The number of likely N-dealkylation sites (N-methyl/N-ethyl adjacent to an activating group) is 1. The van der Waals surface area contributed by atoms with Crippen molar-refractivity contribution in [3.8, 4) is 0 Å². The number of benzene rings is 1. The van der Waals surface area contributed by atoms with Crippen LogP contribution < -0.4 is 5.32 Å². The van der Waals surface area contributed by atoms with Gasteiger partial charge in [0.15, 0.2) is 0 Å². The van der Waals surface area contributed by atoms with Crippen LogP contribution in [0.2, 0.25) is 0 Å². The van der Waals surface area contributed by atoms with Gasteiger partial charge in [-0.3, -0.25) is 10.1 Å². The van der Waals surface area contributed by atoms with Crippen molar-refractivity contribution in [2.24, 2.45) is 0 Å². The van der Waals surface area contributed by atoms with E-state index < -0.39 is 5.54 Å². The Morgan fingerprint density at radius 2 is 1.85 bits per heavy atom. The molecule has 20 heavy (non-hydrogen) atoms. The van der Waals surface area contributed by atoms with Crippen molar-refractivity contribution in [2.45, 2.75) is 39.3 Å². The van der Waals surface area contributed by atoms with Gasteiger partial charge in [0.25, 0.3) is 0 Å². The van der Waals surface area contributed by atoms with E-state index in [9.17, 15) is 9.90 Å². The van der Waals surface area contributed by atoms with Crippen LogP contribution in [0.4, 0.5) is 0 Å². The van der Waals surface area contributed by atoms with Crippen molar-refractivity contribution < 1.29 is 9.90 Å². The second kappa shape index (κ2) is 7.41. The average Bonchev–Trinajstić information content (AvgIpc) is 2.49. The van der Waals surface area contributed by atoms with Gasteiger partial charge in [0, 0.05) is 13.1 Å². The summed E-state index contributed by atoms with van der Waals surface area (Å²) in [5.41, 5.74) is 0.352. The van der Waals surface area contributed by atoms with E-state index in [1.165, 1.54) is 0 Å². The molecular weight excluding hydrogens is 252 g/mol. The smallest absolute Gasteiger partial charge is 0.239 e. The highest BCUT2D eigenvalue weighted by molar-refractivity contribution is 5.81. The lowest BCUT2D eigenvalue weighted by Crippen LogP contribution is -2.53. The molecule has 0 spiro atoms. The molecule has 1 rings (SSSR count). The highest BCUT2D eigenvalue weighted by atomic mass is 16.3. The highest BCUT2D eigenvalue weighted by Crippen LogP contribution is 2.20. The van der Waals surface area contributed by atoms with Crippen LogP contribution >= 0.6 is 0 Å². The molecule has 0 saturated heterocycles. The number of nitrogens with one attached hydrogen (secondary N) is 1. The Bertz CT molecular complexity index is 418. The molecule has 0 aliphatic carbocycles. The van der Waals surface area contributed by atoms with Crippen molar-refractivity contribution in [1.82, 2.24) is 10.2 Å². The Labute approximate surface area is 121 Å². The topological polar surface area (TPSA) is 52.6 Å². The van der Waals surface area contributed by atoms with Gasteiger partial charge in [0.05, 0.1) is 18.2 Å². The van der Waals surface area contributed by atoms with E-state index in [-0.39, 0.29) is 18.6 Å². The van der Waals surface area contributed by atoms with Gasteiger partial charge in [-0.15, -0.1) is 0 Å². The van der Waals surface area contributed by atoms with E-state index in [0.717, 1.165) is 5.56 Å². The van der Waals surface area contributed by atoms with Crippen LogP contribution in [0, 0.1) is 0 Å². The molecule has 2 N–H and O–H groups in total. The van der Waals surface area contributed by atoms with Crippen molar-refractivity contribution in [3.05, 3.63) is 35.9 Å². The summed E-state index contributed by atoms with van der Waals surface area (Å²) in [4.78, 5) is 14.1. The number of amides is 1. The maximum absolute atomic E-state index is 12.3. The van der Waals surface area contributed by atoms with Gasteiger partial charge in [-0.25, -0.2) is 0 Å². The van der Waals surface area contributed by atoms with Gasteiger partial charge in [-0.2, -0.15) is 0 Å². The number of aliphatic hydroxyl groups is 1. The quantitative estimate of drug-likeness (QED) is 0.799. The van der Waals surface area contributed by atoms with E-state index in [4.69, 9.17) is 0 Å². The molecule has 0 radical (unpaired) electrons. The summed E-state index contributed by atoms with van der Waals surface area (Å²) >= 11 is 0. The Balaban J connectivity index is 2.85. The zero-order chi connectivity index (χ0) is 15.2. The third-order valence-electron chi connectivity index (χ3n) is 3.71. The van der Waals surface area contributed by atoms with Crippen LogP contribution in [-0.2, 0) is 10.3 Å². The normalized spacial score (nSPS) is 15.4. The van der Waals surface area contributed by atoms with E-state index in [1.807, 2.05) is 58.0 Å². The van der Waals surface area contributed by atoms with E-state index in [2.05, 4.69) is 5.32 Å². The molecule has 4 heteroatoms. The first kappa shape index (κ1) is 16.7. The van der Waals surface area contributed by atoms with Crippen LogP contribution in [0.15, 0.2) is 30.3 Å². The summed E-state index contributed by atoms with van der Waals surface area (Å²) in [5.74, 6) is 0.0607. The van der Waals surface area contributed by atoms with E-state index in [1.54, 1.807) is 4.90 Å². The van der Waals surface area contributed by atoms with Gasteiger partial charge in [0.1, 0.15) is 0 Å². The number of carbonyl (C=O) groups excluding carboxylic acids is 1. The molecule has 1 aromatic carbocycles. The van der Waals surface area contributed by atoms with Gasteiger partial charge < -0.3 is 10.0 Å². The molecule has 2 atom stereocenters. The molecule has 0 fully saturated rings. The summed E-state index contributed by atoms with van der Waals surface area (Å²) in [5, 5.41) is 13.0. The molecule has 112 valence electrons. The van der Waals surface area contributed by atoms with Gasteiger partial charge in [-0.1, -0.05) is 30.3 Å². The summed E-state index contributed by atoms with van der Waals surface area (Å²) in [7, 11) is 0. The van der Waals surface area contributed by atoms with Crippen LogP contribution in [0.3, 0.4) is 0 Å². The SMILES string of the molecule is CCN(CC)C(=O)C(C)NC(C)(CO)c1ccccc1. The first-order valence-corrected chi connectivity index (χ1v) is 7.21. The number of nitrogens with zero attached hydrogens (tertiary/aromatic N) is 1. The highest BCUT2D eigenvalue weighted by Gasteiger charge is 2.30. The molecule has 4 nitrogen and oxygen atoms in total. The maximum atomic E-state index is 12.3. The Hall–Kier alpha value is -1.39. The van der Waals surface area contributed by atoms with Gasteiger partial charge in [-0.05, 0) is 33.3 Å². The van der Waals surface area contributed by atoms with E-state index >= 15 is 0 Å². The number of carbonyl (C=O) groups is 1. The minimum atomic E-state index is -0.622. The minimum Gasteiger partial charge on any atom is -0.394 e. The molecular formula is C16H26N2O2. The molecule has 0 heterocycles. The van der Waals surface area contributed by atoms with E-state index in [0.29, 0.717) is 13.1 Å². The third kappa shape index (κ3) is 3.81. The minimum absolute atomic E-state index is 0.0607. The van der Waals surface area contributed by atoms with Crippen LogP contribution in [-0.4, -0.2) is 41.7 Å². The van der Waals surface area contributed by atoms with Crippen LogP contribution in [0.1, 0.15) is 33.3 Å². The molecule has 0 aliphatic heterocycles. The fourth-order valence-corrected chi connectivity index (χ4v) is 2.37. The molecule has 0 saturated carbocycles. The maximum Gasteiger partial charge on any atom is 0.239 e. The second-order valence-electron chi connectivity index (χ2n) is 5.23. The van der Waals surface area contributed by atoms with Gasteiger partial charge in [0.2, 0.25) is 5.91 Å². The largest absolute Gasteiger partial charge is 0.394 e. The average molecular weight is 278 g/mol. The third-order valence-corrected chi connectivity index (χ3v) is 3.71. The fraction of sp³-hybridized carbons (Fsp3) is 0.562. The summed E-state index contributed by atoms with van der Waals surface area (Å²) < 4.78 is 0. The zero-order valence-electron chi connectivity index (χ0n) is 12.9. The van der Waals surface area contributed by atoms with Crippen molar-refractivity contribution in [2.75, 3.05) is 19.7 Å². The first-order chi connectivity index (χ1) is 9.48.